The summed E-state index contributed by atoms with van der Waals surface area (Å²) in [6.45, 7) is 6.69. The van der Waals surface area contributed by atoms with E-state index in [1.165, 1.54) is 19.2 Å². The zero-order chi connectivity index (χ0) is 13.1. The van der Waals surface area contributed by atoms with E-state index >= 15 is 0 Å². The summed E-state index contributed by atoms with van der Waals surface area (Å²) in [6.07, 6.45) is 4.06. The van der Waals surface area contributed by atoms with Crippen LogP contribution >= 0.6 is 11.6 Å². The van der Waals surface area contributed by atoms with E-state index in [0.717, 1.165) is 36.4 Å². The largest absolute Gasteiger partial charge is 0.383 e. The van der Waals surface area contributed by atoms with Crippen LogP contribution in [0.15, 0.2) is 6.33 Å². The van der Waals surface area contributed by atoms with Gasteiger partial charge in [-0.15, -0.1) is 0 Å². The summed E-state index contributed by atoms with van der Waals surface area (Å²) in [5.41, 5.74) is 0.837. The number of halogens is 1. The Balaban J connectivity index is 2.12. The summed E-state index contributed by atoms with van der Waals surface area (Å²) in [7, 11) is 1.86. The van der Waals surface area contributed by atoms with Crippen LogP contribution in [0.2, 0.25) is 5.15 Å². The van der Waals surface area contributed by atoms with Crippen molar-refractivity contribution in [3.8, 4) is 0 Å². The van der Waals surface area contributed by atoms with E-state index in [9.17, 15) is 0 Å². The van der Waals surface area contributed by atoms with Gasteiger partial charge in [0.05, 0.1) is 0 Å². The molecule has 0 amide bonds. The molecule has 1 N–H and O–H groups in total. The minimum atomic E-state index is 0.495. The van der Waals surface area contributed by atoms with Crippen LogP contribution in [0.1, 0.15) is 26.7 Å². The first-order valence-corrected chi connectivity index (χ1v) is 6.92. The van der Waals surface area contributed by atoms with Crippen molar-refractivity contribution in [2.24, 2.45) is 11.8 Å². The lowest BCUT2D eigenvalue weighted by Crippen LogP contribution is -2.22. The first kappa shape index (κ1) is 13.4. The fraction of sp³-hybridized carbons (Fsp3) is 0.692. The van der Waals surface area contributed by atoms with Crippen molar-refractivity contribution in [3.63, 3.8) is 0 Å². The Morgan fingerprint density at radius 1 is 1.50 bits per heavy atom. The van der Waals surface area contributed by atoms with Gasteiger partial charge in [0.15, 0.2) is 11.0 Å². The molecule has 0 aliphatic carbocycles. The highest BCUT2D eigenvalue weighted by molar-refractivity contribution is 6.32. The molecule has 0 radical (unpaired) electrons. The minimum Gasteiger partial charge on any atom is -0.383 e. The summed E-state index contributed by atoms with van der Waals surface area (Å²) < 4.78 is 0. The van der Waals surface area contributed by atoms with Crippen LogP contribution < -0.4 is 10.2 Å². The number of nitrogens with zero attached hydrogens (tertiary/aromatic N) is 3. The van der Waals surface area contributed by atoms with E-state index in [2.05, 4.69) is 34.0 Å². The van der Waals surface area contributed by atoms with E-state index in [1.807, 2.05) is 7.05 Å². The van der Waals surface area contributed by atoms with Gasteiger partial charge in [-0.25, -0.2) is 9.97 Å². The Labute approximate surface area is 114 Å². The third-order valence-electron chi connectivity index (χ3n) is 3.42. The molecule has 2 rings (SSSR count). The normalized spacial score (nSPS) is 19.6. The van der Waals surface area contributed by atoms with Crippen LogP contribution in [0.5, 0.6) is 0 Å². The average Bonchev–Trinajstić information content (AvgIpc) is 2.76. The fourth-order valence-electron chi connectivity index (χ4n) is 2.69. The third-order valence-corrected chi connectivity index (χ3v) is 3.71. The summed E-state index contributed by atoms with van der Waals surface area (Å²) in [6, 6.07) is 0. The number of hydrogen-bond donors (Lipinski definition) is 1. The molecule has 0 saturated carbocycles. The maximum Gasteiger partial charge on any atom is 0.157 e. The molecular formula is C13H21ClN4. The molecule has 0 bridgehead atoms. The standard InChI is InChI=1S/C13H21ClN4/c1-9(2)6-10-4-5-18(7-10)13-11(15-3)12(14)16-8-17-13/h8-10,15H,4-7H2,1-3H3. The molecule has 1 unspecified atom stereocenters. The predicted molar refractivity (Wildman–Crippen MR) is 76.4 cm³/mol. The molecule has 100 valence electrons. The summed E-state index contributed by atoms with van der Waals surface area (Å²) in [4.78, 5) is 10.7. The quantitative estimate of drug-likeness (QED) is 0.853. The van der Waals surface area contributed by atoms with Gasteiger partial charge in [0.25, 0.3) is 0 Å². The zero-order valence-corrected chi connectivity index (χ0v) is 12.0. The fourth-order valence-corrected chi connectivity index (χ4v) is 2.92. The van der Waals surface area contributed by atoms with Crippen molar-refractivity contribution >= 4 is 23.1 Å². The Hall–Kier alpha value is -1.03. The second-order valence-electron chi connectivity index (χ2n) is 5.34. The van der Waals surface area contributed by atoms with Crippen LogP contribution in [0.25, 0.3) is 0 Å². The van der Waals surface area contributed by atoms with Gasteiger partial charge in [-0.05, 0) is 24.7 Å². The number of hydrogen-bond acceptors (Lipinski definition) is 4. The highest BCUT2D eigenvalue weighted by atomic mass is 35.5. The van der Waals surface area contributed by atoms with E-state index in [1.54, 1.807) is 0 Å². The Morgan fingerprint density at radius 2 is 2.28 bits per heavy atom. The van der Waals surface area contributed by atoms with Crippen molar-refractivity contribution in [3.05, 3.63) is 11.5 Å². The van der Waals surface area contributed by atoms with Crippen LogP contribution in [0.4, 0.5) is 11.5 Å². The van der Waals surface area contributed by atoms with Gasteiger partial charge >= 0.3 is 0 Å². The molecule has 2 heterocycles. The maximum atomic E-state index is 6.09. The van der Waals surface area contributed by atoms with E-state index < -0.39 is 0 Å². The first-order chi connectivity index (χ1) is 8.61. The Morgan fingerprint density at radius 3 is 2.94 bits per heavy atom. The second kappa shape index (κ2) is 5.74. The van der Waals surface area contributed by atoms with Gasteiger partial charge in [0, 0.05) is 20.1 Å². The summed E-state index contributed by atoms with van der Waals surface area (Å²) in [5, 5.41) is 3.59. The molecule has 1 aliphatic rings. The number of nitrogens with one attached hydrogen (secondary N) is 1. The minimum absolute atomic E-state index is 0.495. The van der Waals surface area contributed by atoms with Gasteiger partial charge < -0.3 is 10.2 Å². The highest BCUT2D eigenvalue weighted by Crippen LogP contribution is 2.33. The predicted octanol–water partition coefficient (Wildman–Crippen LogP) is 3.04. The Bertz CT molecular complexity index is 408. The summed E-state index contributed by atoms with van der Waals surface area (Å²) >= 11 is 6.09. The van der Waals surface area contributed by atoms with Crippen LogP contribution in [-0.2, 0) is 0 Å². The lowest BCUT2D eigenvalue weighted by molar-refractivity contribution is 0.441. The zero-order valence-electron chi connectivity index (χ0n) is 11.3. The summed E-state index contributed by atoms with van der Waals surface area (Å²) in [5.74, 6) is 2.46. The second-order valence-corrected chi connectivity index (χ2v) is 5.70. The SMILES string of the molecule is CNc1c(Cl)ncnc1N1CCC(CC(C)C)C1. The van der Waals surface area contributed by atoms with Gasteiger partial charge in [0.1, 0.15) is 12.0 Å². The number of anilines is 2. The topological polar surface area (TPSA) is 41.1 Å². The maximum absolute atomic E-state index is 6.09. The molecule has 0 spiro atoms. The number of aromatic nitrogens is 2. The molecule has 1 fully saturated rings. The molecule has 5 heteroatoms. The molecule has 1 aromatic heterocycles. The van der Waals surface area contributed by atoms with Crippen LogP contribution in [0.3, 0.4) is 0 Å². The van der Waals surface area contributed by atoms with Gasteiger partial charge in [0.2, 0.25) is 0 Å². The molecule has 0 aromatic carbocycles. The lowest BCUT2D eigenvalue weighted by Gasteiger charge is -2.21. The molecule has 1 atom stereocenters. The highest BCUT2D eigenvalue weighted by Gasteiger charge is 2.26. The first-order valence-electron chi connectivity index (χ1n) is 6.55. The Kier molecular flexibility index (Phi) is 4.27. The van der Waals surface area contributed by atoms with E-state index in [-0.39, 0.29) is 0 Å². The molecular weight excluding hydrogens is 248 g/mol. The molecule has 1 saturated heterocycles. The molecule has 1 aliphatic heterocycles. The van der Waals surface area contributed by atoms with Crippen molar-refractivity contribution in [1.29, 1.82) is 0 Å². The van der Waals surface area contributed by atoms with Gasteiger partial charge in [-0.3, -0.25) is 0 Å². The van der Waals surface area contributed by atoms with Crippen LogP contribution in [0, 0.1) is 11.8 Å². The van der Waals surface area contributed by atoms with Crippen molar-refractivity contribution in [2.75, 3.05) is 30.4 Å². The van der Waals surface area contributed by atoms with E-state index in [0.29, 0.717) is 5.15 Å². The molecule has 4 nitrogen and oxygen atoms in total. The lowest BCUT2D eigenvalue weighted by atomic mass is 9.97. The smallest absolute Gasteiger partial charge is 0.157 e. The molecule has 18 heavy (non-hydrogen) atoms. The van der Waals surface area contributed by atoms with Gasteiger partial charge in [-0.2, -0.15) is 0 Å². The van der Waals surface area contributed by atoms with Crippen molar-refractivity contribution in [1.82, 2.24) is 9.97 Å². The van der Waals surface area contributed by atoms with E-state index in [4.69, 9.17) is 11.6 Å². The number of rotatable bonds is 4. The molecule has 1 aromatic rings. The average molecular weight is 269 g/mol. The van der Waals surface area contributed by atoms with Crippen LogP contribution in [-0.4, -0.2) is 30.1 Å². The van der Waals surface area contributed by atoms with Crippen molar-refractivity contribution < 1.29 is 0 Å². The van der Waals surface area contributed by atoms with Gasteiger partial charge in [-0.1, -0.05) is 25.4 Å². The monoisotopic (exact) mass is 268 g/mol. The van der Waals surface area contributed by atoms with Crippen molar-refractivity contribution in [2.45, 2.75) is 26.7 Å². The third kappa shape index (κ3) is 2.86.